The summed E-state index contributed by atoms with van der Waals surface area (Å²) < 4.78 is 10.2. The quantitative estimate of drug-likeness (QED) is 0.779. The normalized spacial score (nSPS) is 15.6. The van der Waals surface area contributed by atoms with Crippen LogP contribution in [0.2, 0.25) is 0 Å². The Bertz CT molecular complexity index is 731. The van der Waals surface area contributed by atoms with Gasteiger partial charge in [0.1, 0.15) is 5.75 Å². The molecule has 0 unspecified atom stereocenters. The molecule has 1 aromatic heterocycles. The molecule has 1 fully saturated rings. The van der Waals surface area contributed by atoms with E-state index in [2.05, 4.69) is 15.0 Å². The van der Waals surface area contributed by atoms with E-state index < -0.39 is 0 Å². The zero-order chi connectivity index (χ0) is 19.1. The van der Waals surface area contributed by atoms with Crippen molar-refractivity contribution in [3.63, 3.8) is 0 Å². The van der Waals surface area contributed by atoms with Crippen LogP contribution in [0.15, 0.2) is 28.8 Å². The summed E-state index contributed by atoms with van der Waals surface area (Å²) in [6.07, 6.45) is 2.21. The third-order valence-electron chi connectivity index (χ3n) is 4.78. The van der Waals surface area contributed by atoms with Gasteiger partial charge in [-0.15, -0.1) is 0 Å². The first-order chi connectivity index (χ1) is 13.2. The molecule has 1 aliphatic rings. The lowest BCUT2D eigenvalue weighted by Gasteiger charge is -2.21. The molecule has 0 atom stereocenters. The standard InChI is InChI=1S/C19H27N5O3/c1-26-16-6-3-15(4-7-16)5-8-19(25)24-10-2-9-23(11-12-24)14-17-21-18(13-20)27-22-17/h3-4,6-7H,2,5,8-14,20H2,1H3. The number of carbonyl (C=O) groups excluding carboxylic acids is 1. The largest absolute Gasteiger partial charge is 0.497 e. The fourth-order valence-electron chi connectivity index (χ4n) is 3.22. The molecule has 8 heteroatoms. The van der Waals surface area contributed by atoms with Gasteiger partial charge in [0.2, 0.25) is 11.8 Å². The average Bonchev–Trinajstić information content (AvgIpc) is 3.03. The van der Waals surface area contributed by atoms with Crippen molar-refractivity contribution in [2.45, 2.75) is 32.4 Å². The second kappa shape index (κ2) is 9.48. The Morgan fingerprint density at radius 3 is 2.74 bits per heavy atom. The first-order valence-corrected chi connectivity index (χ1v) is 9.32. The number of benzene rings is 1. The molecule has 1 aliphatic heterocycles. The summed E-state index contributed by atoms with van der Waals surface area (Å²) in [6.45, 7) is 4.11. The summed E-state index contributed by atoms with van der Waals surface area (Å²) in [5, 5.41) is 3.94. The lowest BCUT2D eigenvalue weighted by atomic mass is 10.1. The number of nitrogens with zero attached hydrogens (tertiary/aromatic N) is 4. The molecule has 0 saturated carbocycles. The summed E-state index contributed by atoms with van der Waals surface area (Å²) in [5.41, 5.74) is 6.64. The van der Waals surface area contributed by atoms with Crippen molar-refractivity contribution >= 4 is 5.91 Å². The van der Waals surface area contributed by atoms with Gasteiger partial charge in [-0.2, -0.15) is 4.98 Å². The molecule has 2 aromatic rings. The number of ether oxygens (including phenoxy) is 1. The average molecular weight is 373 g/mol. The number of carbonyl (C=O) groups is 1. The Morgan fingerprint density at radius 2 is 2.04 bits per heavy atom. The number of hydrogen-bond acceptors (Lipinski definition) is 7. The van der Waals surface area contributed by atoms with Crippen molar-refractivity contribution in [1.82, 2.24) is 19.9 Å². The summed E-state index contributed by atoms with van der Waals surface area (Å²) in [7, 11) is 1.65. The summed E-state index contributed by atoms with van der Waals surface area (Å²) in [4.78, 5) is 21.0. The number of aryl methyl sites for hydroxylation is 1. The van der Waals surface area contributed by atoms with Gasteiger partial charge in [0.15, 0.2) is 5.82 Å². The molecular weight excluding hydrogens is 346 g/mol. The van der Waals surface area contributed by atoms with Crippen LogP contribution >= 0.6 is 0 Å². The zero-order valence-corrected chi connectivity index (χ0v) is 15.8. The minimum Gasteiger partial charge on any atom is -0.497 e. The van der Waals surface area contributed by atoms with Crippen LogP contribution in [0.25, 0.3) is 0 Å². The van der Waals surface area contributed by atoms with E-state index in [-0.39, 0.29) is 12.5 Å². The predicted octanol–water partition coefficient (Wildman–Crippen LogP) is 1.20. The van der Waals surface area contributed by atoms with Crippen LogP contribution in [-0.4, -0.2) is 59.1 Å². The second-order valence-electron chi connectivity index (χ2n) is 6.67. The lowest BCUT2D eigenvalue weighted by molar-refractivity contribution is -0.131. The van der Waals surface area contributed by atoms with Gasteiger partial charge in [-0.05, 0) is 30.5 Å². The molecule has 0 radical (unpaired) electrons. The van der Waals surface area contributed by atoms with E-state index in [0.29, 0.717) is 24.7 Å². The molecular formula is C19H27N5O3. The van der Waals surface area contributed by atoms with E-state index in [1.165, 1.54) is 0 Å². The Morgan fingerprint density at radius 1 is 1.22 bits per heavy atom. The van der Waals surface area contributed by atoms with Crippen molar-refractivity contribution in [3.05, 3.63) is 41.5 Å². The van der Waals surface area contributed by atoms with Crippen molar-refractivity contribution in [3.8, 4) is 5.75 Å². The Hall–Kier alpha value is -2.45. The van der Waals surface area contributed by atoms with Gasteiger partial charge in [0, 0.05) is 32.6 Å². The topological polar surface area (TPSA) is 97.7 Å². The third kappa shape index (κ3) is 5.51. The van der Waals surface area contributed by atoms with Crippen LogP contribution in [0.3, 0.4) is 0 Å². The van der Waals surface area contributed by atoms with Gasteiger partial charge < -0.3 is 19.9 Å². The number of rotatable bonds is 7. The molecule has 1 amide bonds. The highest BCUT2D eigenvalue weighted by Gasteiger charge is 2.20. The maximum Gasteiger partial charge on any atom is 0.240 e. The van der Waals surface area contributed by atoms with Crippen molar-refractivity contribution in [2.75, 3.05) is 33.3 Å². The molecule has 0 spiro atoms. The minimum absolute atomic E-state index is 0.206. The highest BCUT2D eigenvalue weighted by Crippen LogP contribution is 2.14. The van der Waals surface area contributed by atoms with E-state index in [0.717, 1.165) is 50.3 Å². The fourth-order valence-corrected chi connectivity index (χ4v) is 3.22. The van der Waals surface area contributed by atoms with Crippen molar-refractivity contribution in [1.29, 1.82) is 0 Å². The van der Waals surface area contributed by atoms with Crippen LogP contribution in [-0.2, 0) is 24.3 Å². The number of aromatic nitrogens is 2. The molecule has 1 saturated heterocycles. The molecule has 0 aliphatic carbocycles. The van der Waals surface area contributed by atoms with Gasteiger partial charge >= 0.3 is 0 Å². The molecule has 2 heterocycles. The molecule has 27 heavy (non-hydrogen) atoms. The predicted molar refractivity (Wildman–Crippen MR) is 100.0 cm³/mol. The van der Waals surface area contributed by atoms with Gasteiger partial charge in [0.05, 0.1) is 20.2 Å². The van der Waals surface area contributed by atoms with E-state index in [1.807, 2.05) is 29.2 Å². The number of amides is 1. The highest BCUT2D eigenvalue weighted by molar-refractivity contribution is 5.76. The first-order valence-electron chi connectivity index (χ1n) is 9.32. The number of methoxy groups -OCH3 is 1. The molecule has 2 N–H and O–H groups in total. The summed E-state index contributed by atoms with van der Waals surface area (Å²) >= 11 is 0. The monoisotopic (exact) mass is 373 g/mol. The first kappa shape index (κ1) is 19.3. The molecule has 1 aromatic carbocycles. The summed E-state index contributed by atoms with van der Waals surface area (Å²) in [6, 6.07) is 7.88. The molecule has 146 valence electrons. The fraction of sp³-hybridized carbons (Fsp3) is 0.526. The van der Waals surface area contributed by atoms with Gasteiger partial charge in [-0.25, -0.2) is 0 Å². The lowest BCUT2D eigenvalue weighted by Crippen LogP contribution is -2.35. The Labute approximate surface area is 159 Å². The summed E-state index contributed by atoms with van der Waals surface area (Å²) in [5.74, 6) is 2.14. The van der Waals surface area contributed by atoms with Crippen LogP contribution in [0.5, 0.6) is 5.75 Å². The minimum atomic E-state index is 0.206. The number of nitrogens with two attached hydrogens (primary N) is 1. The highest BCUT2D eigenvalue weighted by atomic mass is 16.5. The molecule has 0 bridgehead atoms. The van der Waals surface area contributed by atoms with E-state index >= 15 is 0 Å². The van der Waals surface area contributed by atoms with E-state index in [4.69, 9.17) is 15.0 Å². The second-order valence-corrected chi connectivity index (χ2v) is 6.67. The van der Waals surface area contributed by atoms with Crippen LogP contribution in [0.1, 0.15) is 30.1 Å². The smallest absolute Gasteiger partial charge is 0.240 e. The third-order valence-corrected chi connectivity index (χ3v) is 4.78. The Kier molecular flexibility index (Phi) is 6.78. The maximum atomic E-state index is 12.6. The molecule has 3 rings (SSSR count). The van der Waals surface area contributed by atoms with Gasteiger partial charge in [-0.1, -0.05) is 17.3 Å². The maximum absolute atomic E-state index is 12.6. The molecule has 8 nitrogen and oxygen atoms in total. The van der Waals surface area contributed by atoms with Gasteiger partial charge in [-0.3, -0.25) is 9.69 Å². The SMILES string of the molecule is COc1ccc(CCC(=O)N2CCCN(Cc3noc(CN)n3)CC2)cc1. The van der Waals surface area contributed by atoms with Crippen LogP contribution < -0.4 is 10.5 Å². The van der Waals surface area contributed by atoms with Crippen LogP contribution in [0.4, 0.5) is 0 Å². The zero-order valence-electron chi connectivity index (χ0n) is 15.8. The Balaban J connectivity index is 1.45. The number of hydrogen-bond donors (Lipinski definition) is 1. The van der Waals surface area contributed by atoms with Crippen LogP contribution in [0, 0.1) is 0 Å². The van der Waals surface area contributed by atoms with E-state index in [1.54, 1.807) is 7.11 Å². The van der Waals surface area contributed by atoms with E-state index in [9.17, 15) is 4.79 Å². The van der Waals surface area contributed by atoms with Crippen molar-refractivity contribution in [2.24, 2.45) is 5.73 Å². The van der Waals surface area contributed by atoms with Crippen molar-refractivity contribution < 1.29 is 14.1 Å². The van der Waals surface area contributed by atoms with Gasteiger partial charge in [0.25, 0.3) is 0 Å².